The van der Waals surface area contributed by atoms with E-state index in [1.807, 2.05) is 6.92 Å². The Morgan fingerprint density at radius 2 is 2.10 bits per heavy atom. The zero-order valence-corrected chi connectivity index (χ0v) is 17.6. The van der Waals surface area contributed by atoms with Gasteiger partial charge in [-0.3, -0.25) is 4.79 Å². The maximum absolute atomic E-state index is 14.2. The highest BCUT2D eigenvalue weighted by atomic mass is 35.5. The van der Waals surface area contributed by atoms with Crippen LogP contribution in [0.15, 0.2) is 43.0 Å². The van der Waals surface area contributed by atoms with Crippen molar-refractivity contribution in [3.8, 4) is 5.69 Å². The first kappa shape index (κ1) is 21.2. The van der Waals surface area contributed by atoms with E-state index in [9.17, 15) is 13.6 Å². The van der Waals surface area contributed by atoms with Crippen molar-refractivity contribution in [1.82, 2.24) is 24.8 Å². The molecule has 3 aromatic rings. The van der Waals surface area contributed by atoms with Gasteiger partial charge in [-0.15, -0.1) is 0 Å². The van der Waals surface area contributed by atoms with Crippen LogP contribution in [0.1, 0.15) is 37.2 Å². The number of hydrogen-bond donors (Lipinski definition) is 2. The van der Waals surface area contributed by atoms with E-state index < -0.39 is 23.8 Å². The highest BCUT2D eigenvalue weighted by molar-refractivity contribution is 6.30. The first-order valence-electron chi connectivity index (χ1n) is 9.84. The molecule has 7 nitrogen and oxygen atoms in total. The summed E-state index contributed by atoms with van der Waals surface area (Å²) in [6, 6.07) is 5.73. The average molecular weight is 447 g/mol. The Morgan fingerprint density at radius 1 is 1.29 bits per heavy atom. The maximum Gasteiger partial charge on any atom is 0.229 e. The lowest BCUT2D eigenvalue weighted by molar-refractivity contribution is -0.121. The van der Waals surface area contributed by atoms with Crippen molar-refractivity contribution in [3.05, 3.63) is 65.2 Å². The maximum atomic E-state index is 14.2. The van der Waals surface area contributed by atoms with Crippen molar-refractivity contribution in [2.24, 2.45) is 5.92 Å². The fraction of sp³-hybridized carbons (Fsp3) is 0.333. The van der Waals surface area contributed by atoms with Crippen LogP contribution in [0, 0.1) is 11.7 Å². The van der Waals surface area contributed by atoms with E-state index in [-0.39, 0.29) is 18.5 Å². The van der Waals surface area contributed by atoms with Gasteiger partial charge in [-0.2, -0.15) is 0 Å². The molecule has 10 heteroatoms. The van der Waals surface area contributed by atoms with Crippen LogP contribution in [0.4, 0.5) is 14.7 Å². The zero-order valence-electron chi connectivity index (χ0n) is 16.9. The summed E-state index contributed by atoms with van der Waals surface area (Å²) < 4.78 is 29.7. The van der Waals surface area contributed by atoms with Gasteiger partial charge in [-0.25, -0.2) is 23.7 Å². The van der Waals surface area contributed by atoms with E-state index in [1.165, 1.54) is 25.5 Å². The van der Waals surface area contributed by atoms with Crippen LogP contribution < -0.4 is 10.6 Å². The average Bonchev–Trinajstić information content (AvgIpc) is 3.35. The molecule has 1 aliphatic heterocycles. The fourth-order valence-electron chi connectivity index (χ4n) is 3.69. The van der Waals surface area contributed by atoms with Gasteiger partial charge in [0.1, 0.15) is 12.0 Å². The summed E-state index contributed by atoms with van der Waals surface area (Å²) in [6.07, 6.45) is 3.59. The second-order valence-corrected chi connectivity index (χ2v) is 7.97. The molecule has 0 spiro atoms. The van der Waals surface area contributed by atoms with Crippen molar-refractivity contribution in [2.75, 3.05) is 11.9 Å². The molecule has 2 N–H and O–H groups in total. The van der Waals surface area contributed by atoms with Gasteiger partial charge in [0.15, 0.2) is 0 Å². The lowest BCUT2D eigenvalue weighted by Crippen LogP contribution is -2.23. The van der Waals surface area contributed by atoms with Crippen LogP contribution in [0.3, 0.4) is 0 Å². The smallest absolute Gasteiger partial charge is 0.229 e. The van der Waals surface area contributed by atoms with Crippen LogP contribution in [0.25, 0.3) is 5.69 Å². The summed E-state index contributed by atoms with van der Waals surface area (Å²) in [5.41, 5.74) is 1.42. The summed E-state index contributed by atoms with van der Waals surface area (Å²) in [4.78, 5) is 25.2. The van der Waals surface area contributed by atoms with E-state index in [2.05, 4.69) is 25.6 Å². The molecule has 0 saturated carbocycles. The quantitative estimate of drug-likeness (QED) is 0.601. The molecule has 162 valence electrons. The third-order valence-electron chi connectivity index (χ3n) is 5.39. The number of imidazole rings is 1. The Balaban J connectivity index is 1.52. The molecule has 4 rings (SSSR count). The van der Waals surface area contributed by atoms with Crippen LogP contribution in [-0.4, -0.2) is 38.1 Å². The number of rotatable bonds is 6. The second kappa shape index (κ2) is 8.58. The number of amides is 1. The molecule has 4 atom stereocenters. The van der Waals surface area contributed by atoms with Crippen molar-refractivity contribution in [1.29, 1.82) is 0 Å². The normalized spacial score (nSPS) is 20.4. The highest BCUT2D eigenvalue weighted by Crippen LogP contribution is 2.32. The number of benzene rings is 1. The standard InChI is InChI=1S/C21H21ClF2N6O/c1-11(23)14-8-26-20(31)19(14)16-5-6-25-21(29-16)28-12(2)17-9-30(10-27-17)18-4-3-13(22)7-15(18)24/h3-7,9-12,14,19H,8H2,1-2H3,(H,26,31)(H,25,28,29)/t11-,12-,14?,19+/m0/s1. The van der Waals surface area contributed by atoms with Gasteiger partial charge < -0.3 is 15.2 Å². The molecule has 3 heterocycles. The van der Waals surface area contributed by atoms with E-state index in [4.69, 9.17) is 11.6 Å². The third kappa shape index (κ3) is 4.36. The van der Waals surface area contributed by atoms with Gasteiger partial charge >= 0.3 is 0 Å². The monoisotopic (exact) mass is 446 g/mol. The molecule has 2 aromatic heterocycles. The topological polar surface area (TPSA) is 84.7 Å². The molecule has 0 radical (unpaired) electrons. The van der Waals surface area contributed by atoms with E-state index in [0.717, 1.165) is 0 Å². The minimum absolute atomic E-state index is 0.240. The molecule has 31 heavy (non-hydrogen) atoms. The minimum Gasteiger partial charge on any atom is -0.355 e. The number of alkyl halides is 1. The largest absolute Gasteiger partial charge is 0.355 e. The molecule has 1 aromatic carbocycles. The van der Waals surface area contributed by atoms with Gasteiger partial charge in [0.25, 0.3) is 0 Å². The van der Waals surface area contributed by atoms with Crippen molar-refractivity contribution >= 4 is 23.5 Å². The van der Waals surface area contributed by atoms with Crippen LogP contribution in [-0.2, 0) is 4.79 Å². The van der Waals surface area contributed by atoms with Crippen LogP contribution >= 0.6 is 11.6 Å². The van der Waals surface area contributed by atoms with Crippen LogP contribution in [0.5, 0.6) is 0 Å². The summed E-state index contributed by atoms with van der Waals surface area (Å²) in [6.45, 7) is 3.58. The highest BCUT2D eigenvalue weighted by Gasteiger charge is 2.40. The Morgan fingerprint density at radius 3 is 2.84 bits per heavy atom. The molecule has 1 unspecified atom stereocenters. The number of anilines is 1. The first-order chi connectivity index (χ1) is 14.8. The number of halogens is 3. The molecule has 1 saturated heterocycles. The SMILES string of the molecule is C[C@H](Nc1nccc([C@@H]2C(=O)NCC2[C@H](C)F)n1)c1cn(-c2ccc(Cl)cc2F)cn1. The Labute approximate surface area is 182 Å². The van der Waals surface area contributed by atoms with Crippen LogP contribution in [0.2, 0.25) is 5.02 Å². The van der Waals surface area contributed by atoms with E-state index >= 15 is 0 Å². The molecule has 1 aliphatic rings. The van der Waals surface area contributed by atoms with Gasteiger partial charge in [-0.05, 0) is 38.1 Å². The van der Waals surface area contributed by atoms with Gasteiger partial charge in [0.2, 0.25) is 11.9 Å². The zero-order chi connectivity index (χ0) is 22.1. The predicted octanol–water partition coefficient (Wildman–Crippen LogP) is 3.82. The van der Waals surface area contributed by atoms with Gasteiger partial charge in [0.05, 0.1) is 35.4 Å². The number of carbonyl (C=O) groups excluding carboxylic acids is 1. The van der Waals surface area contributed by atoms with E-state index in [1.54, 1.807) is 29.0 Å². The van der Waals surface area contributed by atoms with Crippen molar-refractivity contribution < 1.29 is 13.6 Å². The van der Waals surface area contributed by atoms with E-state index in [0.29, 0.717) is 28.0 Å². The molecule has 0 aliphatic carbocycles. The summed E-state index contributed by atoms with van der Waals surface area (Å²) >= 11 is 5.81. The minimum atomic E-state index is -1.15. The van der Waals surface area contributed by atoms with Crippen molar-refractivity contribution in [3.63, 3.8) is 0 Å². The lowest BCUT2D eigenvalue weighted by atomic mass is 9.89. The number of hydrogen-bond acceptors (Lipinski definition) is 5. The lowest BCUT2D eigenvalue weighted by Gasteiger charge is -2.18. The number of carbonyl (C=O) groups is 1. The first-order valence-corrected chi connectivity index (χ1v) is 10.2. The predicted molar refractivity (Wildman–Crippen MR) is 112 cm³/mol. The third-order valence-corrected chi connectivity index (χ3v) is 5.62. The Bertz CT molecular complexity index is 1100. The summed E-state index contributed by atoms with van der Waals surface area (Å²) in [7, 11) is 0. The number of nitrogens with one attached hydrogen (secondary N) is 2. The van der Waals surface area contributed by atoms with Gasteiger partial charge in [0, 0.05) is 29.9 Å². The molecular formula is C21H21ClF2N6O. The number of aromatic nitrogens is 4. The number of nitrogens with zero attached hydrogens (tertiary/aromatic N) is 4. The molecule has 1 amide bonds. The van der Waals surface area contributed by atoms with Crippen molar-refractivity contribution in [2.45, 2.75) is 32.0 Å². The fourth-order valence-corrected chi connectivity index (χ4v) is 3.85. The summed E-state index contributed by atoms with van der Waals surface area (Å²) in [5, 5.41) is 6.15. The Hall–Kier alpha value is -3.07. The molecule has 1 fully saturated rings. The molecular weight excluding hydrogens is 426 g/mol. The van der Waals surface area contributed by atoms with Gasteiger partial charge in [-0.1, -0.05) is 11.6 Å². The summed E-state index contributed by atoms with van der Waals surface area (Å²) in [5.74, 6) is -1.54. The molecule has 0 bridgehead atoms. The Kier molecular flexibility index (Phi) is 5.86. The second-order valence-electron chi connectivity index (χ2n) is 7.54.